The summed E-state index contributed by atoms with van der Waals surface area (Å²) >= 11 is 0. The number of esters is 1. The van der Waals surface area contributed by atoms with Crippen molar-refractivity contribution in [1.82, 2.24) is 0 Å². The van der Waals surface area contributed by atoms with Gasteiger partial charge >= 0.3 is 14.0 Å². The third kappa shape index (κ3) is 1.75. The second-order valence-corrected chi connectivity index (χ2v) is 5.99. The summed E-state index contributed by atoms with van der Waals surface area (Å²) in [6.45, 7) is 0. The topological polar surface area (TPSA) is 44.8 Å². The number of rotatable bonds is 1. The van der Waals surface area contributed by atoms with Crippen molar-refractivity contribution in [2.75, 3.05) is 0 Å². The van der Waals surface area contributed by atoms with Gasteiger partial charge in [-0.2, -0.15) is 0 Å². The monoisotopic (exact) mass is 326 g/mol. The number of para-hydroxylation sites is 1. The van der Waals surface area contributed by atoms with Crippen LogP contribution in [0.15, 0.2) is 66.7 Å². The highest BCUT2D eigenvalue weighted by molar-refractivity contribution is 6.00. The summed E-state index contributed by atoms with van der Waals surface area (Å²) in [5.74, 6) is 1.29. The zero-order valence-electron chi connectivity index (χ0n) is 13.1. The summed E-state index contributed by atoms with van der Waals surface area (Å²) in [5.41, 5.74) is 1.86. The van der Waals surface area contributed by atoms with E-state index in [4.69, 9.17) is 22.2 Å². The molecule has 2 radical (unpaired) electrons. The molecule has 0 saturated carbocycles. The number of hydrogen-bond donors (Lipinski definition) is 0. The first-order chi connectivity index (χ1) is 12.2. The van der Waals surface area contributed by atoms with E-state index in [1.54, 1.807) is 18.2 Å². The minimum atomic E-state index is -1.04. The van der Waals surface area contributed by atoms with Gasteiger partial charge in [-0.1, -0.05) is 36.4 Å². The molecule has 2 aliphatic heterocycles. The number of carbonyl (C=O) groups excluding carboxylic acids is 1. The van der Waals surface area contributed by atoms with Crippen molar-refractivity contribution >= 4 is 14.0 Å². The van der Waals surface area contributed by atoms with E-state index < -0.39 is 5.60 Å². The largest absolute Gasteiger partial charge is 0.568 e. The lowest BCUT2D eigenvalue weighted by Crippen LogP contribution is -2.32. The molecule has 0 saturated heterocycles. The Morgan fingerprint density at radius 2 is 1.56 bits per heavy atom. The molecule has 3 aromatic carbocycles. The van der Waals surface area contributed by atoms with Crippen molar-refractivity contribution in [3.05, 3.63) is 89.0 Å². The van der Waals surface area contributed by atoms with Crippen molar-refractivity contribution in [2.45, 2.75) is 5.60 Å². The Bertz CT molecular complexity index is 1030. The molecule has 5 rings (SSSR count). The maximum atomic E-state index is 12.6. The molecule has 0 fully saturated rings. The van der Waals surface area contributed by atoms with E-state index in [0.29, 0.717) is 22.8 Å². The molecule has 1 unspecified atom stereocenters. The van der Waals surface area contributed by atoms with Crippen LogP contribution in [-0.4, -0.2) is 14.0 Å². The predicted molar refractivity (Wildman–Crippen MR) is 91.1 cm³/mol. The van der Waals surface area contributed by atoms with E-state index in [0.717, 1.165) is 16.7 Å². The standard InChI is InChI=1S/C20H11BO4/c21-25-12-9-10-16-18(11-12)23-17-8-4-3-7-15(17)20(16)14-6-2-1-5-13(14)19(22)24-20/h1-11H. The highest BCUT2D eigenvalue weighted by Gasteiger charge is 2.53. The molecule has 25 heavy (non-hydrogen) atoms. The van der Waals surface area contributed by atoms with Crippen LogP contribution < -0.4 is 9.39 Å². The zero-order valence-corrected chi connectivity index (χ0v) is 13.1. The molecule has 0 amide bonds. The molecular formula is C20H11BO4. The fourth-order valence-electron chi connectivity index (χ4n) is 3.68. The lowest BCUT2D eigenvalue weighted by molar-refractivity contribution is 0.0224. The fraction of sp³-hybridized carbons (Fsp3) is 0.0500. The summed E-state index contributed by atoms with van der Waals surface area (Å²) in [4.78, 5) is 12.6. The smallest absolute Gasteiger partial charge is 0.374 e. The molecule has 1 spiro atoms. The lowest BCUT2D eigenvalue weighted by Gasteiger charge is -2.36. The summed E-state index contributed by atoms with van der Waals surface area (Å²) in [6, 6.07) is 20.2. The van der Waals surface area contributed by atoms with Gasteiger partial charge in [0.05, 0.1) is 5.56 Å². The van der Waals surface area contributed by atoms with Crippen molar-refractivity contribution < 1.29 is 18.9 Å². The maximum absolute atomic E-state index is 12.6. The van der Waals surface area contributed by atoms with Gasteiger partial charge in [0.15, 0.2) is 5.60 Å². The summed E-state index contributed by atoms with van der Waals surface area (Å²) < 4.78 is 16.8. The van der Waals surface area contributed by atoms with E-state index in [2.05, 4.69) is 0 Å². The van der Waals surface area contributed by atoms with Crippen molar-refractivity contribution in [3.8, 4) is 17.2 Å². The Morgan fingerprint density at radius 3 is 2.40 bits per heavy atom. The van der Waals surface area contributed by atoms with E-state index in [9.17, 15) is 4.79 Å². The minimum Gasteiger partial charge on any atom is -0.568 e. The van der Waals surface area contributed by atoms with Crippen LogP contribution in [0, 0.1) is 0 Å². The summed E-state index contributed by atoms with van der Waals surface area (Å²) in [6.07, 6.45) is 0. The molecule has 1 atom stereocenters. The molecule has 0 aromatic heterocycles. The Hall–Kier alpha value is -3.21. The molecule has 3 aromatic rings. The first-order valence-electron chi connectivity index (χ1n) is 7.85. The molecule has 118 valence electrons. The van der Waals surface area contributed by atoms with Gasteiger partial charge in [0, 0.05) is 22.8 Å². The molecule has 5 heteroatoms. The highest BCUT2D eigenvalue weighted by atomic mass is 16.6. The summed E-state index contributed by atoms with van der Waals surface area (Å²) in [7, 11) is 5.28. The first-order valence-corrected chi connectivity index (χ1v) is 7.85. The van der Waals surface area contributed by atoms with Crippen molar-refractivity contribution in [1.29, 1.82) is 0 Å². The normalized spacial score (nSPS) is 19.4. The molecule has 2 aliphatic rings. The zero-order chi connectivity index (χ0) is 17.0. The quantitative estimate of drug-likeness (QED) is 0.505. The number of carbonyl (C=O) groups is 1. The van der Waals surface area contributed by atoms with Crippen LogP contribution in [0.2, 0.25) is 0 Å². The van der Waals surface area contributed by atoms with Crippen molar-refractivity contribution in [2.24, 2.45) is 0 Å². The molecular weight excluding hydrogens is 315 g/mol. The van der Waals surface area contributed by atoms with Crippen LogP contribution in [0.5, 0.6) is 17.2 Å². The molecule has 2 heterocycles. The van der Waals surface area contributed by atoms with Crippen molar-refractivity contribution in [3.63, 3.8) is 0 Å². The third-order valence-electron chi connectivity index (χ3n) is 4.73. The Kier molecular flexibility index (Phi) is 2.77. The Balaban J connectivity index is 1.88. The minimum absolute atomic E-state index is 0.350. The van der Waals surface area contributed by atoms with Crippen LogP contribution in [0.4, 0.5) is 0 Å². The van der Waals surface area contributed by atoms with Gasteiger partial charge in [0.25, 0.3) is 0 Å². The second kappa shape index (κ2) is 4.90. The van der Waals surface area contributed by atoms with Crippen LogP contribution in [-0.2, 0) is 10.3 Å². The van der Waals surface area contributed by atoms with E-state index >= 15 is 0 Å². The van der Waals surface area contributed by atoms with Gasteiger partial charge in [-0.05, 0) is 24.3 Å². The first kappa shape index (κ1) is 14.2. The molecule has 0 bridgehead atoms. The summed E-state index contributed by atoms with van der Waals surface area (Å²) in [5, 5.41) is 0. The van der Waals surface area contributed by atoms with E-state index in [1.165, 1.54) is 0 Å². The van der Waals surface area contributed by atoms with Crippen LogP contribution in [0.1, 0.15) is 27.0 Å². The highest BCUT2D eigenvalue weighted by Crippen LogP contribution is 2.56. The molecule has 0 N–H and O–H groups in total. The number of hydrogen-bond acceptors (Lipinski definition) is 4. The molecule has 4 nitrogen and oxygen atoms in total. The van der Waals surface area contributed by atoms with Gasteiger partial charge in [0.1, 0.15) is 17.2 Å². The lowest BCUT2D eigenvalue weighted by atomic mass is 9.78. The maximum Gasteiger partial charge on any atom is 0.374 e. The molecule has 0 aliphatic carbocycles. The van der Waals surface area contributed by atoms with E-state index in [-0.39, 0.29) is 5.97 Å². The van der Waals surface area contributed by atoms with Gasteiger partial charge < -0.3 is 14.1 Å². The van der Waals surface area contributed by atoms with Crippen LogP contribution in [0.3, 0.4) is 0 Å². The van der Waals surface area contributed by atoms with Crippen LogP contribution in [0.25, 0.3) is 0 Å². The fourth-order valence-corrected chi connectivity index (χ4v) is 3.68. The van der Waals surface area contributed by atoms with Gasteiger partial charge in [-0.15, -0.1) is 0 Å². The number of fused-ring (bicyclic) bond motifs is 6. The van der Waals surface area contributed by atoms with Crippen LogP contribution >= 0.6 is 0 Å². The van der Waals surface area contributed by atoms with Gasteiger partial charge in [-0.3, -0.25) is 0 Å². The SMILES string of the molecule is [B]Oc1ccc2c(c1)Oc1ccccc1C21OC(=O)c2ccccc21. The number of ether oxygens (including phenoxy) is 2. The average molecular weight is 326 g/mol. The third-order valence-corrected chi connectivity index (χ3v) is 4.73. The number of benzene rings is 3. The Morgan fingerprint density at radius 1 is 0.840 bits per heavy atom. The average Bonchev–Trinajstić information content (AvgIpc) is 2.95. The van der Waals surface area contributed by atoms with Gasteiger partial charge in [0.2, 0.25) is 0 Å². The van der Waals surface area contributed by atoms with Gasteiger partial charge in [-0.25, -0.2) is 4.79 Å². The Labute approximate surface area is 145 Å². The van der Waals surface area contributed by atoms with E-state index in [1.807, 2.05) is 48.5 Å². The second-order valence-electron chi connectivity index (χ2n) is 5.99. The predicted octanol–water partition coefficient (Wildman–Crippen LogP) is 3.72.